The molecular formula is C10H17N3. The van der Waals surface area contributed by atoms with Crippen molar-refractivity contribution in [3.05, 3.63) is 12.2 Å². The Labute approximate surface area is 79.7 Å². The summed E-state index contributed by atoms with van der Waals surface area (Å²) in [6, 6.07) is 0. The minimum absolute atomic E-state index is 0.970. The first kappa shape index (κ1) is 8.75. The normalized spacial score (nSPS) is 24.7. The number of piperazine rings is 1. The molecule has 0 N–H and O–H groups in total. The van der Waals surface area contributed by atoms with E-state index in [1.807, 2.05) is 0 Å². The van der Waals surface area contributed by atoms with Crippen LogP contribution in [0.2, 0.25) is 0 Å². The molecule has 0 radical (unpaired) electrons. The Hall–Kier alpha value is -0.830. The second-order valence-corrected chi connectivity index (χ2v) is 3.72. The second kappa shape index (κ2) is 3.92. The quantitative estimate of drug-likeness (QED) is 0.542. The highest BCUT2D eigenvalue weighted by molar-refractivity contribution is 5.93. The van der Waals surface area contributed by atoms with Crippen LogP contribution < -0.4 is 0 Å². The van der Waals surface area contributed by atoms with Crippen molar-refractivity contribution in [3.63, 3.8) is 0 Å². The number of hydrogen-bond acceptors (Lipinski definition) is 3. The Morgan fingerprint density at radius 1 is 1.23 bits per heavy atom. The maximum absolute atomic E-state index is 4.52. The molecule has 3 heteroatoms. The van der Waals surface area contributed by atoms with Crippen molar-refractivity contribution in [2.45, 2.75) is 6.42 Å². The Morgan fingerprint density at radius 2 is 2.00 bits per heavy atom. The molecule has 0 atom stereocenters. The van der Waals surface area contributed by atoms with E-state index in [1.165, 1.54) is 5.84 Å². The standard InChI is InChI=1S/C10H17N3/c1-12-6-8-13(9-7-12)10-4-2-3-5-11-10/h2,4H,3,5-9H2,1H3. The van der Waals surface area contributed by atoms with E-state index in [4.69, 9.17) is 0 Å². The SMILES string of the molecule is CN1CCN(C2=NCCC=C2)CC1. The minimum Gasteiger partial charge on any atom is -0.354 e. The number of aliphatic imine (C=N–C) groups is 1. The van der Waals surface area contributed by atoms with Crippen LogP contribution in [0.15, 0.2) is 17.1 Å². The van der Waals surface area contributed by atoms with Crippen LogP contribution in [0.5, 0.6) is 0 Å². The van der Waals surface area contributed by atoms with Crippen LogP contribution in [0.25, 0.3) is 0 Å². The van der Waals surface area contributed by atoms with E-state index in [2.05, 4.69) is 34.0 Å². The van der Waals surface area contributed by atoms with Crippen molar-refractivity contribution in [1.82, 2.24) is 9.80 Å². The highest BCUT2D eigenvalue weighted by Gasteiger charge is 2.16. The van der Waals surface area contributed by atoms with Crippen molar-refractivity contribution in [2.24, 2.45) is 4.99 Å². The third-order valence-electron chi connectivity index (χ3n) is 2.66. The molecule has 0 amide bonds. The number of rotatable bonds is 0. The van der Waals surface area contributed by atoms with E-state index >= 15 is 0 Å². The molecule has 72 valence electrons. The molecule has 0 saturated carbocycles. The van der Waals surface area contributed by atoms with Crippen molar-refractivity contribution < 1.29 is 0 Å². The first-order chi connectivity index (χ1) is 6.36. The lowest BCUT2D eigenvalue weighted by atomic mass is 10.2. The highest BCUT2D eigenvalue weighted by atomic mass is 15.3. The summed E-state index contributed by atoms with van der Waals surface area (Å²) in [5, 5.41) is 0. The predicted molar refractivity (Wildman–Crippen MR) is 55.1 cm³/mol. The fraction of sp³-hybridized carbons (Fsp3) is 0.700. The summed E-state index contributed by atoms with van der Waals surface area (Å²) in [4.78, 5) is 9.26. The van der Waals surface area contributed by atoms with Gasteiger partial charge in [-0.1, -0.05) is 6.08 Å². The van der Waals surface area contributed by atoms with E-state index in [0.717, 1.165) is 39.1 Å². The van der Waals surface area contributed by atoms with Gasteiger partial charge in [0.05, 0.1) is 0 Å². The van der Waals surface area contributed by atoms with E-state index in [9.17, 15) is 0 Å². The summed E-state index contributed by atoms with van der Waals surface area (Å²) in [5.74, 6) is 1.19. The van der Waals surface area contributed by atoms with Gasteiger partial charge in [-0.05, 0) is 19.5 Å². The fourth-order valence-corrected chi connectivity index (χ4v) is 1.74. The van der Waals surface area contributed by atoms with Gasteiger partial charge in [0.25, 0.3) is 0 Å². The van der Waals surface area contributed by atoms with Gasteiger partial charge in [-0.2, -0.15) is 0 Å². The lowest BCUT2D eigenvalue weighted by Crippen LogP contribution is -2.47. The zero-order chi connectivity index (χ0) is 9.10. The molecule has 1 fully saturated rings. The molecule has 2 heterocycles. The fourth-order valence-electron chi connectivity index (χ4n) is 1.74. The number of amidine groups is 1. The average Bonchev–Trinajstić information content (AvgIpc) is 2.20. The molecular weight excluding hydrogens is 162 g/mol. The number of likely N-dealkylation sites (N-methyl/N-ethyl adjacent to an activating group) is 1. The van der Waals surface area contributed by atoms with Crippen LogP contribution in [0.3, 0.4) is 0 Å². The number of dihydropyridines is 1. The van der Waals surface area contributed by atoms with Crippen molar-refractivity contribution in [3.8, 4) is 0 Å². The minimum atomic E-state index is 0.970. The molecule has 0 aromatic heterocycles. The van der Waals surface area contributed by atoms with Crippen LogP contribution in [0.1, 0.15) is 6.42 Å². The summed E-state index contributed by atoms with van der Waals surface area (Å²) in [6.07, 6.45) is 5.49. The first-order valence-corrected chi connectivity index (χ1v) is 5.01. The lowest BCUT2D eigenvalue weighted by Gasteiger charge is -2.34. The molecule has 3 nitrogen and oxygen atoms in total. The van der Waals surface area contributed by atoms with Gasteiger partial charge in [-0.3, -0.25) is 4.99 Å². The molecule has 2 aliphatic rings. The van der Waals surface area contributed by atoms with E-state index in [0.29, 0.717) is 0 Å². The molecule has 1 saturated heterocycles. The Balaban J connectivity index is 1.94. The van der Waals surface area contributed by atoms with Gasteiger partial charge in [0, 0.05) is 32.7 Å². The topological polar surface area (TPSA) is 18.8 Å². The van der Waals surface area contributed by atoms with Gasteiger partial charge in [0.2, 0.25) is 0 Å². The van der Waals surface area contributed by atoms with Gasteiger partial charge >= 0.3 is 0 Å². The molecule has 0 aromatic carbocycles. The summed E-state index contributed by atoms with van der Waals surface area (Å²) >= 11 is 0. The molecule has 0 aliphatic carbocycles. The maximum Gasteiger partial charge on any atom is 0.123 e. The average molecular weight is 179 g/mol. The summed E-state index contributed by atoms with van der Waals surface area (Å²) in [5.41, 5.74) is 0. The van der Waals surface area contributed by atoms with Crippen LogP contribution in [0, 0.1) is 0 Å². The second-order valence-electron chi connectivity index (χ2n) is 3.72. The summed E-state index contributed by atoms with van der Waals surface area (Å²) < 4.78 is 0. The van der Waals surface area contributed by atoms with Gasteiger partial charge in [0.1, 0.15) is 5.84 Å². The van der Waals surface area contributed by atoms with E-state index in [1.54, 1.807) is 0 Å². The van der Waals surface area contributed by atoms with Crippen LogP contribution >= 0.6 is 0 Å². The smallest absolute Gasteiger partial charge is 0.123 e. The molecule has 0 aromatic rings. The summed E-state index contributed by atoms with van der Waals surface area (Å²) in [7, 11) is 2.18. The Kier molecular flexibility index (Phi) is 2.64. The van der Waals surface area contributed by atoms with Crippen molar-refractivity contribution in [1.29, 1.82) is 0 Å². The molecule has 0 spiro atoms. The number of nitrogens with zero attached hydrogens (tertiary/aromatic N) is 3. The van der Waals surface area contributed by atoms with Crippen LogP contribution in [0.4, 0.5) is 0 Å². The molecule has 13 heavy (non-hydrogen) atoms. The van der Waals surface area contributed by atoms with Crippen LogP contribution in [-0.2, 0) is 0 Å². The van der Waals surface area contributed by atoms with Gasteiger partial charge in [-0.15, -0.1) is 0 Å². The molecule has 2 aliphatic heterocycles. The van der Waals surface area contributed by atoms with Gasteiger partial charge < -0.3 is 9.80 Å². The van der Waals surface area contributed by atoms with E-state index < -0.39 is 0 Å². The molecule has 2 rings (SSSR count). The van der Waals surface area contributed by atoms with Gasteiger partial charge in [-0.25, -0.2) is 0 Å². The molecule has 0 unspecified atom stereocenters. The Bertz CT molecular complexity index is 224. The highest BCUT2D eigenvalue weighted by Crippen LogP contribution is 2.05. The lowest BCUT2D eigenvalue weighted by molar-refractivity contribution is 0.215. The molecule has 0 bridgehead atoms. The zero-order valence-corrected chi connectivity index (χ0v) is 8.24. The summed E-state index contributed by atoms with van der Waals surface area (Å²) in [6.45, 7) is 5.54. The largest absolute Gasteiger partial charge is 0.354 e. The number of hydrogen-bond donors (Lipinski definition) is 0. The van der Waals surface area contributed by atoms with Crippen molar-refractivity contribution in [2.75, 3.05) is 39.8 Å². The Morgan fingerprint density at radius 3 is 2.62 bits per heavy atom. The van der Waals surface area contributed by atoms with Crippen molar-refractivity contribution >= 4 is 5.84 Å². The third kappa shape index (κ3) is 2.10. The predicted octanol–water partition coefficient (Wildman–Crippen LogP) is 0.592. The van der Waals surface area contributed by atoms with Crippen LogP contribution in [-0.4, -0.2) is 55.4 Å². The monoisotopic (exact) mass is 179 g/mol. The van der Waals surface area contributed by atoms with Gasteiger partial charge in [0.15, 0.2) is 0 Å². The van der Waals surface area contributed by atoms with E-state index in [-0.39, 0.29) is 0 Å². The first-order valence-electron chi connectivity index (χ1n) is 5.01. The third-order valence-corrected chi connectivity index (χ3v) is 2.66. The maximum atomic E-state index is 4.52. The zero-order valence-electron chi connectivity index (χ0n) is 8.24.